The molecule has 1 aromatic heterocycles. The highest BCUT2D eigenvalue weighted by atomic mass is 19.1. The number of benzene rings is 2. The quantitative estimate of drug-likeness (QED) is 0.658. The third kappa shape index (κ3) is 3.71. The van der Waals surface area contributed by atoms with Crippen molar-refractivity contribution < 1.29 is 14.0 Å². The van der Waals surface area contributed by atoms with Gasteiger partial charge in [0.25, 0.3) is 0 Å². The lowest BCUT2D eigenvalue weighted by molar-refractivity contribution is -0.137. The van der Waals surface area contributed by atoms with E-state index in [2.05, 4.69) is 15.4 Å². The number of carbonyl (C=O) groups excluding carboxylic acids is 2. The molecule has 9 heteroatoms. The lowest BCUT2D eigenvalue weighted by atomic mass is 10.2. The van der Waals surface area contributed by atoms with Gasteiger partial charge in [-0.1, -0.05) is 42.5 Å². The number of anilines is 1. The minimum absolute atomic E-state index is 0.139. The van der Waals surface area contributed by atoms with E-state index >= 15 is 0 Å². The zero-order valence-corrected chi connectivity index (χ0v) is 15.8. The Labute approximate surface area is 166 Å². The maximum atomic E-state index is 14.0. The molecular weight excluding hydrogens is 375 g/mol. The number of carbonyl (C=O) groups is 2. The Hall–Kier alpha value is -3.62. The van der Waals surface area contributed by atoms with Crippen molar-refractivity contribution in [3.8, 4) is 11.4 Å². The number of aromatic nitrogens is 4. The molecule has 2 amide bonds. The van der Waals surface area contributed by atoms with Crippen molar-refractivity contribution in [3.05, 3.63) is 60.4 Å². The van der Waals surface area contributed by atoms with E-state index in [9.17, 15) is 14.0 Å². The van der Waals surface area contributed by atoms with Gasteiger partial charge in [-0.15, -0.1) is 10.2 Å². The Morgan fingerprint density at radius 2 is 1.90 bits per heavy atom. The molecule has 1 aliphatic rings. The predicted molar refractivity (Wildman–Crippen MR) is 103 cm³/mol. The maximum absolute atomic E-state index is 14.0. The molecule has 0 aliphatic carbocycles. The molecule has 29 heavy (non-hydrogen) atoms. The molecule has 1 aliphatic heterocycles. The molecule has 0 N–H and O–H groups in total. The van der Waals surface area contributed by atoms with Crippen molar-refractivity contribution in [2.75, 3.05) is 18.5 Å². The molecule has 2 aromatic carbocycles. The monoisotopic (exact) mass is 394 g/mol. The average molecular weight is 394 g/mol. The van der Waals surface area contributed by atoms with Crippen LogP contribution in [0.5, 0.6) is 0 Å². The summed E-state index contributed by atoms with van der Waals surface area (Å²) in [6.45, 7) is 0.210. The minimum atomic E-state index is -0.653. The summed E-state index contributed by atoms with van der Waals surface area (Å²) >= 11 is 0. The van der Waals surface area contributed by atoms with Crippen molar-refractivity contribution in [2.45, 2.75) is 19.0 Å². The van der Waals surface area contributed by atoms with Gasteiger partial charge in [-0.3, -0.25) is 9.59 Å². The van der Waals surface area contributed by atoms with Crippen LogP contribution in [0, 0.1) is 5.82 Å². The second kappa shape index (κ2) is 7.78. The third-order valence-corrected chi connectivity index (χ3v) is 4.94. The molecule has 2 heterocycles. The Morgan fingerprint density at radius 1 is 1.17 bits per heavy atom. The number of hydrogen-bond donors (Lipinski definition) is 0. The zero-order valence-electron chi connectivity index (χ0n) is 15.8. The fraction of sp³-hybridized carbons (Fsp3) is 0.250. The van der Waals surface area contributed by atoms with Crippen LogP contribution in [0.4, 0.5) is 10.1 Å². The largest absolute Gasteiger partial charge is 0.332 e. The van der Waals surface area contributed by atoms with Gasteiger partial charge in [0.1, 0.15) is 18.4 Å². The van der Waals surface area contributed by atoms with E-state index in [4.69, 9.17) is 0 Å². The Balaban J connectivity index is 1.43. The second-order valence-corrected chi connectivity index (χ2v) is 6.76. The van der Waals surface area contributed by atoms with Gasteiger partial charge in [0, 0.05) is 19.2 Å². The van der Waals surface area contributed by atoms with Crippen LogP contribution in [0.2, 0.25) is 0 Å². The first kappa shape index (κ1) is 18.7. The van der Waals surface area contributed by atoms with Gasteiger partial charge in [-0.25, -0.2) is 4.39 Å². The molecule has 3 aromatic rings. The van der Waals surface area contributed by atoms with Gasteiger partial charge >= 0.3 is 0 Å². The molecular formula is C20H19FN6O2. The average Bonchev–Trinajstić information content (AvgIpc) is 3.35. The number of amides is 2. The van der Waals surface area contributed by atoms with Crippen LogP contribution < -0.4 is 4.90 Å². The highest BCUT2D eigenvalue weighted by molar-refractivity contribution is 6.01. The summed E-state index contributed by atoms with van der Waals surface area (Å²) < 4.78 is 14.0. The van der Waals surface area contributed by atoms with Gasteiger partial charge in [0.05, 0.1) is 5.69 Å². The fourth-order valence-corrected chi connectivity index (χ4v) is 3.35. The van der Waals surface area contributed by atoms with Gasteiger partial charge in [-0.05, 0) is 23.8 Å². The van der Waals surface area contributed by atoms with E-state index in [-0.39, 0.29) is 24.0 Å². The molecule has 0 saturated carbocycles. The van der Waals surface area contributed by atoms with Crippen molar-refractivity contribution in [1.82, 2.24) is 25.1 Å². The molecule has 0 bridgehead atoms. The standard InChI is InChI=1S/C20H19FN6O2/c1-25(17-11-12-26(20(17)29)16-10-6-5-9-15(16)21)18(28)13-27-23-19(22-24-27)14-7-3-2-4-8-14/h2-10,17H,11-13H2,1H3. The lowest BCUT2D eigenvalue weighted by Gasteiger charge is -2.24. The minimum Gasteiger partial charge on any atom is -0.332 e. The topological polar surface area (TPSA) is 84.2 Å². The van der Waals surface area contributed by atoms with E-state index in [1.54, 1.807) is 25.2 Å². The van der Waals surface area contributed by atoms with Gasteiger partial charge in [-0.2, -0.15) is 4.80 Å². The van der Waals surface area contributed by atoms with Crippen LogP contribution in [0.3, 0.4) is 0 Å². The van der Waals surface area contributed by atoms with E-state index < -0.39 is 11.9 Å². The van der Waals surface area contributed by atoms with Crippen LogP contribution >= 0.6 is 0 Å². The number of likely N-dealkylation sites (N-methyl/N-ethyl adjacent to an activating group) is 1. The van der Waals surface area contributed by atoms with E-state index in [0.29, 0.717) is 18.8 Å². The Morgan fingerprint density at radius 3 is 2.66 bits per heavy atom. The van der Waals surface area contributed by atoms with Gasteiger partial charge in [0.2, 0.25) is 17.6 Å². The summed E-state index contributed by atoms with van der Waals surface area (Å²) in [7, 11) is 1.56. The van der Waals surface area contributed by atoms with Gasteiger partial charge in [0.15, 0.2) is 0 Å². The van der Waals surface area contributed by atoms with Crippen molar-refractivity contribution in [3.63, 3.8) is 0 Å². The van der Waals surface area contributed by atoms with Crippen molar-refractivity contribution >= 4 is 17.5 Å². The first-order valence-electron chi connectivity index (χ1n) is 9.19. The summed E-state index contributed by atoms with van der Waals surface area (Å²) in [5.74, 6) is -0.669. The smallest absolute Gasteiger partial charge is 0.249 e. The van der Waals surface area contributed by atoms with Gasteiger partial charge < -0.3 is 9.80 Å². The summed E-state index contributed by atoms with van der Waals surface area (Å²) in [6.07, 6.45) is 0.426. The molecule has 8 nitrogen and oxygen atoms in total. The van der Waals surface area contributed by atoms with Crippen LogP contribution in [0.15, 0.2) is 54.6 Å². The second-order valence-electron chi connectivity index (χ2n) is 6.76. The summed E-state index contributed by atoms with van der Waals surface area (Å²) in [5.41, 5.74) is 1.03. The SMILES string of the molecule is CN(C(=O)Cn1nnc(-c2ccccc2)n1)C1CCN(c2ccccc2F)C1=O. The molecule has 1 saturated heterocycles. The maximum Gasteiger partial charge on any atom is 0.249 e. The molecule has 0 spiro atoms. The van der Waals surface area contributed by atoms with Crippen LogP contribution in [-0.4, -0.2) is 56.6 Å². The van der Waals surface area contributed by atoms with Crippen LogP contribution in [0.1, 0.15) is 6.42 Å². The molecule has 1 fully saturated rings. The number of para-hydroxylation sites is 1. The molecule has 148 valence electrons. The number of hydrogen-bond acceptors (Lipinski definition) is 5. The number of rotatable bonds is 5. The van der Waals surface area contributed by atoms with E-state index in [1.807, 2.05) is 30.3 Å². The summed E-state index contributed by atoms with van der Waals surface area (Å²) in [6, 6.07) is 14.8. The highest BCUT2D eigenvalue weighted by Crippen LogP contribution is 2.26. The zero-order chi connectivity index (χ0) is 20.4. The summed E-state index contributed by atoms with van der Waals surface area (Å²) in [4.78, 5) is 29.4. The highest BCUT2D eigenvalue weighted by Gasteiger charge is 2.38. The fourth-order valence-electron chi connectivity index (χ4n) is 3.35. The number of tetrazole rings is 1. The van der Waals surface area contributed by atoms with Crippen LogP contribution in [-0.2, 0) is 16.1 Å². The molecule has 1 atom stereocenters. The first-order chi connectivity index (χ1) is 14.0. The van der Waals surface area contributed by atoms with Crippen molar-refractivity contribution in [2.24, 2.45) is 0 Å². The van der Waals surface area contributed by atoms with Crippen LogP contribution in [0.25, 0.3) is 11.4 Å². The normalized spacial score (nSPS) is 16.3. The molecule has 0 radical (unpaired) electrons. The predicted octanol–water partition coefficient (Wildman–Crippen LogP) is 1.74. The Kier molecular flexibility index (Phi) is 5.03. The van der Waals surface area contributed by atoms with Crippen molar-refractivity contribution in [1.29, 1.82) is 0 Å². The third-order valence-electron chi connectivity index (χ3n) is 4.94. The number of halogens is 1. The summed E-state index contributed by atoms with van der Waals surface area (Å²) in [5, 5.41) is 12.1. The van der Waals surface area contributed by atoms with E-state index in [0.717, 1.165) is 5.56 Å². The molecule has 4 rings (SSSR count). The number of nitrogens with zero attached hydrogens (tertiary/aromatic N) is 6. The first-order valence-corrected chi connectivity index (χ1v) is 9.19. The lowest BCUT2D eigenvalue weighted by Crippen LogP contribution is -2.44. The molecule has 1 unspecified atom stereocenters. The Bertz CT molecular complexity index is 1040. The van der Waals surface area contributed by atoms with E-state index in [1.165, 1.54) is 20.7 Å².